The Morgan fingerprint density at radius 3 is 2.70 bits per heavy atom. The molecule has 1 fully saturated rings. The zero-order chi connectivity index (χ0) is 16.4. The smallest absolute Gasteiger partial charge is 0.289 e. The number of hydrogen-bond donors (Lipinski definition) is 1. The molecule has 0 unspecified atom stereocenters. The van der Waals surface area contributed by atoms with Crippen LogP contribution >= 0.6 is 0 Å². The van der Waals surface area contributed by atoms with Gasteiger partial charge >= 0.3 is 0 Å². The molecule has 0 saturated carbocycles. The van der Waals surface area contributed by atoms with Gasteiger partial charge in [-0.05, 0) is 49.6 Å². The summed E-state index contributed by atoms with van der Waals surface area (Å²) in [5.41, 5.74) is -0.368. The molecule has 122 valence electrons. The summed E-state index contributed by atoms with van der Waals surface area (Å²) in [6, 6.07) is 10.4. The second-order valence-corrected chi connectivity index (χ2v) is 6.01. The monoisotopic (exact) mass is 315 g/mol. The number of nitrogens with zero attached hydrogens (tertiary/aromatic N) is 1. The zero-order valence-electron chi connectivity index (χ0n) is 13.4. The van der Waals surface area contributed by atoms with Crippen LogP contribution in [-0.2, 0) is 5.60 Å². The largest absolute Gasteiger partial charge is 0.497 e. The van der Waals surface area contributed by atoms with E-state index in [4.69, 9.17) is 9.15 Å². The van der Waals surface area contributed by atoms with E-state index in [2.05, 4.69) is 0 Å². The van der Waals surface area contributed by atoms with E-state index in [0.29, 0.717) is 12.3 Å². The van der Waals surface area contributed by atoms with Gasteiger partial charge in [0.25, 0.3) is 5.91 Å². The minimum atomic E-state index is -1.13. The van der Waals surface area contributed by atoms with Crippen molar-refractivity contribution in [1.29, 1.82) is 0 Å². The molecule has 1 saturated heterocycles. The van der Waals surface area contributed by atoms with Gasteiger partial charge in [0.15, 0.2) is 5.76 Å². The normalized spacial score (nSPS) is 20.3. The molecule has 2 heterocycles. The first kappa shape index (κ1) is 15.6. The Balaban J connectivity index is 1.86. The predicted octanol–water partition coefficient (Wildman–Crippen LogP) is 2.80. The molecule has 5 heteroatoms. The molecule has 1 aliphatic heterocycles. The lowest BCUT2D eigenvalue weighted by Gasteiger charge is -2.36. The van der Waals surface area contributed by atoms with Gasteiger partial charge in [-0.15, -0.1) is 0 Å². The van der Waals surface area contributed by atoms with E-state index in [-0.39, 0.29) is 11.9 Å². The van der Waals surface area contributed by atoms with E-state index >= 15 is 0 Å². The van der Waals surface area contributed by atoms with E-state index in [1.54, 1.807) is 31.1 Å². The second-order valence-electron chi connectivity index (χ2n) is 6.01. The van der Waals surface area contributed by atoms with Gasteiger partial charge in [-0.2, -0.15) is 0 Å². The van der Waals surface area contributed by atoms with Crippen LogP contribution in [0.5, 0.6) is 5.75 Å². The topological polar surface area (TPSA) is 62.9 Å². The summed E-state index contributed by atoms with van der Waals surface area (Å²) < 4.78 is 10.4. The number of benzene rings is 1. The Morgan fingerprint density at radius 1 is 1.35 bits per heavy atom. The van der Waals surface area contributed by atoms with Crippen molar-refractivity contribution >= 4 is 5.91 Å². The summed E-state index contributed by atoms with van der Waals surface area (Å²) in [6.07, 6.45) is 3.11. The number of carbonyl (C=O) groups excluding carboxylic acids is 1. The molecule has 0 radical (unpaired) electrons. The number of ether oxygens (including phenoxy) is 1. The number of likely N-dealkylation sites (tertiary alicyclic amines) is 1. The minimum absolute atomic E-state index is 0.175. The van der Waals surface area contributed by atoms with Crippen molar-refractivity contribution in [3.8, 4) is 5.75 Å². The van der Waals surface area contributed by atoms with Crippen LogP contribution in [0, 0.1) is 0 Å². The third kappa shape index (κ3) is 2.84. The van der Waals surface area contributed by atoms with Gasteiger partial charge in [-0.25, -0.2) is 0 Å². The Morgan fingerprint density at radius 2 is 2.09 bits per heavy atom. The van der Waals surface area contributed by atoms with Crippen LogP contribution in [0.3, 0.4) is 0 Å². The number of hydrogen-bond acceptors (Lipinski definition) is 4. The Labute approximate surface area is 135 Å². The summed E-state index contributed by atoms with van der Waals surface area (Å²) in [7, 11) is 1.61. The second kappa shape index (κ2) is 6.08. The molecular formula is C18H21NO4. The molecule has 5 nitrogen and oxygen atoms in total. The molecule has 0 bridgehead atoms. The highest BCUT2D eigenvalue weighted by molar-refractivity contribution is 5.92. The van der Waals surface area contributed by atoms with Crippen LogP contribution in [0.4, 0.5) is 0 Å². The Hall–Kier alpha value is -2.27. The molecule has 1 aromatic heterocycles. The van der Waals surface area contributed by atoms with E-state index in [1.165, 1.54) is 6.26 Å². The Bertz CT molecular complexity index is 661. The highest BCUT2D eigenvalue weighted by atomic mass is 16.5. The first-order chi connectivity index (χ1) is 11.0. The van der Waals surface area contributed by atoms with Crippen LogP contribution in [0.1, 0.15) is 35.9 Å². The van der Waals surface area contributed by atoms with Crippen molar-refractivity contribution in [3.05, 3.63) is 54.0 Å². The maximum atomic E-state index is 12.6. The average Bonchev–Trinajstić information content (AvgIpc) is 3.25. The predicted molar refractivity (Wildman–Crippen MR) is 85.3 cm³/mol. The first-order valence-corrected chi connectivity index (χ1v) is 7.75. The Kier molecular flexibility index (Phi) is 4.13. The molecule has 1 aromatic carbocycles. The van der Waals surface area contributed by atoms with Gasteiger partial charge in [0.2, 0.25) is 0 Å². The molecule has 1 amide bonds. The summed E-state index contributed by atoms with van der Waals surface area (Å²) in [4.78, 5) is 14.3. The van der Waals surface area contributed by atoms with Crippen LogP contribution in [0.15, 0.2) is 47.1 Å². The summed E-state index contributed by atoms with van der Waals surface area (Å²) >= 11 is 0. The van der Waals surface area contributed by atoms with Crippen LogP contribution < -0.4 is 4.74 Å². The fourth-order valence-corrected chi connectivity index (χ4v) is 3.26. The van der Waals surface area contributed by atoms with E-state index in [9.17, 15) is 9.90 Å². The van der Waals surface area contributed by atoms with Gasteiger partial charge in [0.05, 0.1) is 19.4 Å². The van der Waals surface area contributed by atoms with Crippen molar-refractivity contribution in [2.75, 3.05) is 13.7 Å². The number of carbonyl (C=O) groups is 1. The van der Waals surface area contributed by atoms with Gasteiger partial charge in [-0.1, -0.05) is 12.1 Å². The SMILES string of the molecule is COc1ccc([C@](C)(O)[C@@H]2CCCN2C(=O)c2ccco2)cc1. The van der Waals surface area contributed by atoms with Crippen molar-refractivity contribution in [3.63, 3.8) is 0 Å². The van der Waals surface area contributed by atoms with Crippen molar-refractivity contribution < 1.29 is 19.1 Å². The third-order valence-electron chi connectivity index (χ3n) is 4.57. The highest BCUT2D eigenvalue weighted by Gasteiger charge is 2.43. The van der Waals surface area contributed by atoms with E-state index < -0.39 is 5.60 Å². The molecule has 2 atom stereocenters. The highest BCUT2D eigenvalue weighted by Crippen LogP contribution is 2.36. The van der Waals surface area contributed by atoms with Crippen LogP contribution in [0.2, 0.25) is 0 Å². The van der Waals surface area contributed by atoms with Gasteiger partial charge in [-0.3, -0.25) is 4.79 Å². The molecule has 23 heavy (non-hydrogen) atoms. The summed E-state index contributed by atoms with van der Waals surface area (Å²) in [5, 5.41) is 11.1. The lowest BCUT2D eigenvalue weighted by atomic mass is 9.86. The van der Waals surface area contributed by atoms with E-state index in [0.717, 1.165) is 24.2 Å². The molecule has 1 N–H and O–H groups in total. The van der Waals surface area contributed by atoms with Crippen LogP contribution in [0.25, 0.3) is 0 Å². The maximum Gasteiger partial charge on any atom is 0.289 e. The lowest BCUT2D eigenvalue weighted by Crippen LogP contribution is -2.48. The number of rotatable bonds is 4. The number of aliphatic hydroxyl groups is 1. The van der Waals surface area contributed by atoms with Gasteiger partial charge in [0, 0.05) is 6.54 Å². The standard InChI is InChI=1S/C18H21NO4/c1-18(21,13-7-9-14(22-2)10-8-13)16-6-3-11-19(16)17(20)15-5-4-12-23-15/h4-5,7-10,12,16,21H,3,6,11H2,1-2H3/t16-,18-/m0/s1. The maximum absolute atomic E-state index is 12.6. The number of amides is 1. The van der Waals surface area contributed by atoms with Crippen LogP contribution in [-0.4, -0.2) is 35.6 Å². The molecule has 1 aliphatic rings. The number of furan rings is 1. The van der Waals surface area contributed by atoms with Gasteiger partial charge in [0.1, 0.15) is 11.4 Å². The van der Waals surface area contributed by atoms with Crippen molar-refractivity contribution in [2.45, 2.75) is 31.4 Å². The number of methoxy groups -OCH3 is 1. The van der Waals surface area contributed by atoms with Crippen molar-refractivity contribution in [2.24, 2.45) is 0 Å². The lowest BCUT2D eigenvalue weighted by molar-refractivity contribution is -0.0185. The molecule has 0 spiro atoms. The molecule has 3 rings (SSSR count). The fraction of sp³-hybridized carbons (Fsp3) is 0.389. The molecule has 0 aliphatic carbocycles. The average molecular weight is 315 g/mol. The molecule has 2 aromatic rings. The summed E-state index contributed by atoms with van der Waals surface area (Å²) in [6.45, 7) is 2.38. The molecular weight excluding hydrogens is 294 g/mol. The summed E-state index contributed by atoms with van der Waals surface area (Å²) in [5.74, 6) is 0.869. The van der Waals surface area contributed by atoms with Gasteiger partial charge < -0.3 is 19.2 Å². The first-order valence-electron chi connectivity index (χ1n) is 7.75. The van der Waals surface area contributed by atoms with E-state index in [1.807, 2.05) is 24.3 Å². The third-order valence-corrected chi connectivity index (χ3v) is 4.57. The minimum Gasteiger partial charge on any atom is -0.497 e. The van der Waals surface area contributed by atoms with Crippen molar-refractivity contribution in [1.82, 2.24) is 4.90 Å². The zero-order valence-corrected chi connectivity index (χ0v) is 13.4. The fourth-order valence-electron chi connectivity index (χ4n) is 3.26. The quantitative estimate of drug-likeness (QED) is 0.942.